The van der Waals surface area contributed by atoms with Crippen molar-refractivity contribution < 1.29 is 36.3 Å². The number of carbonyl (C=O) groups excluding carboxylic acids is 2. The van der Waals surface area contributed by atoms with Crippen LogP contribution in [0.1, 0.15) is 73.0 Å². The number of rotatable bonds is 10. The van der Waals surface area contributed by atoms with Crippen LogP contribution in [-0.2, 0) is 21.6 Å². The van der Waals surface area contributed by atoms with Crippen molar-refractivity contribution in [1.29, 1.82) is 0 Å². The molecule has 14 heteroatoms. The van der Waals surface area contributed by atoms with E-state index in [1.807, 2.05) is 6.07 Å². The molecule has 0 saturated carbocycles. The van der Waals surface area contributed by atoms with E-state index in [1.54, 1.807) is 6.92 Å². The van der Waals surface area contributed by atoms with Crippen LogP contribution < -0.4 is 10.6 Å². The van der Waals surface area contributed by atoms with Crippen LogP contribution in [0.25, 0.3) is 33.5 Å². The Morgan fingerprint density at radius 3 is 2.33 bits per heavy atom. The number of anilines is 1. The van der Waals surface area contributed by atoms with E-state index < -0.39 is 40.9 Å². The molecule has 1 spiro atoms. The molecule has 3 N–H and O–H groups in total. The average Bonchev–Trinajstić information content (AvgIpc) is 3.62. The van der Waals surface area contributed by atoms with Gasteiger partial charge in [-0.25, -0.2) is 23.5 Å². The maximum absolute atomic E-state index is 15.2. The highest BCUT2D eigenvalue weighted by Crippen LogP contribution is 2.40. The Balaban J connectivity index is 1.03. The Morgan fingerprint density at radius 1 is 0.930 bits per heavy atom. The number of fused-ring (bicyclic) bond motifs is 1. The Bertz CT molecular complexity index is 2270. The van der Waals surface area contributed by atoms with Gasteiger partial charge in [0.1, 0.15) is 29.2 Å². The summed E-state index contributed by atoms with van der Waals surface area (Å²) in [7, 11) is 0. The lowest BCUT2D eigenvalue weighted by Crippen LogP contribution is -2.45. The third kappa shape index (κ3) is 8.86. The van der Waals surface area contributed by atoms with Gasteiger partial charge in [0.2, 0.25) is 0 Å². The Hall–Kier alpha value is -5.21. The van der Waals surface area contributed by atoms with Crippen LogP contribution in [0.4, 0.5) is 27.6 Å². The summed E-state index contributed by atoms with van der Waals surface area (Å²) in [5, 5.41) is 6.68. The third-order valence-electron chi connectivity index (χ3n) is 11.6. The first kappa shape index (κ1) is 40.0. The summed E-state index contributed by atoms with van der Waals surface area (Å²) >= 11 is 0. The standard InChI is InChI=1S/C43H45F5N6O3/c1-26-32(22-30(44)23-35(26)53-39(55)31-11-10-29(21-34(31)45)41(2,3)57-40(56)43(46,47)48)37-33-24-36(52-38(33)51-25-50-37)28-8-6-27(7-9-28)5-4-18-54-19-14-42(15-20-54)12-16-49-17-13-42/h6-11,21-25,49H,4-5,12-20H2,1-3H3,(H,53,55)(H,50,51,52). The van der Waals surface area contributed by atoms with Crippen molar-refractivity contribution in [2.24, 2.45) is 5.41 Å². The Labute approximate surface area is 327 Å². The summed E-state index contributed by atoms with van der Waals surface area (Å²) in [6, 6.07) is 15.8. The number of aromatic nitrogens is 3. The minimum Gasteiger partial charge on any atom is -0.448 e. The summed E-state index contributed by atoms with van der Waals surface area (Å²) in [5.41, 5.74) is 2.98. The maximum atomic E-state index is 15.2. The van der Waals surface area contributed by atoms with E-state index in [2.05, 4.69) is 59.5 Å². The van der Waals surface area contributed by atoms with Gasteiger partial charge in [-0.2, -0.15) is 13.2 Å². The number of amides is 1. The molecule has 5 aromatic rings. The van der Waals surface area contributed by atoms with Crippen molar-refractivity contribution in [3.8, 4) is 22.5 Å². The molecular formula is C43H45F5N6O3. The molecule has 0 aliphatic carbocycles. The number of esters is 1. The van der Waals surface area contributed by atoms with Crippen LogP contribution in [0.2, 0.25) is 0 Å². The molecule has 300 valence electrons. The number of ether oxygens (including phenoxy) is 1. The van der Waals surface area contributed by atoms with Gasteiger partial charge in [0.05, 0.1) is 11.3 Å². The van der Waals surface area contributed by atoms with Gasteiger partial charge in [-0.05, 0) is 150 Å². The molecule has 0 radical (unpaired) electrons. The predicted molar refractivity (Wildman–Crippen MR) is 208 cm³/mol. The first-order chi connectivity index (χ1) is 27.1. The molecule has 2 fully saturated rings. The topological polar surface area (TPSA) is 112 Å². The molecule has 7 rings (SSSR count). The molecule has 0 atom stereocenters. The van der Waals surface area contributed by atoms with E-state index >= 15 is 8.78 Å². The van der Waals surface area contributed by atoms with Crippen LogP contribution in [0, 0.1) is 24.0 Å². The van der Waals surface area contributed by atoms with Gasteiger partial charge >= 0.3 is 12.1 Å². The number of H-pyrrole nitrogens is 1. The summed E-state index contributed by atoms with van der Waals surface area (Å²) in [6.07, 6.45) is 3.42. The molecular weight excluding hydrogens is 744 g/mol. The van der Waals surface area contributed by atoms with Crippen LogP contribution in [0.3, 0.4) is 0 Å². The van der Waals surface area contributed by atoms with Gasteiger partial charge in [0.25, 0.3) is 5.91 Å². The quantitative estimate of drug-likeness (QED) is 0.0958. The summed E-state index contributed by atoms with van der Waals surface area (Å²) in [4.78, 5) is 39.5. The lowest BCUT2D eigenvalue weighted by Gasteiger charge is -2.44. The second kappa shape index (κ2) is 16.0. The second-order valence-corrected chi connectivity index (χ2v) is 15.7. The molecule has 4 heterocycles. The number of carbonyl (C=O) groups is 2. The third-order valence-corrected chi connectivity index (χ3v) is 11.6. The average molecular weight is 789 g/mol. The van der Waals surface area contributed by atoms with E-state index in [4.69, 9.17) is 0 Å². The molecule has 2 aliphatic heterocycles. The van der Waals surface area contributed by atoms with Crippen molar-refractivity contribution in [1.82, 2.24) is 25.2 Å². The molecule has 2 aromatic heterocycles. The van der Waals surface area contributed by atoms with Gasteiger partial charge in [-0.1, -0.05) is 30.3 Å². The van der Waals surface area contributed by atoms with Crippen molar-refractivity contribution in [2.45, 2.75) is 71.1 Å². The summed E-state index contributed by atoms with van der Waals surface area (Å²) < 4.78 is 73.3. The zero-order valence-electron chi connectivity index (χ0n) is 32.1. The number of aromatic amines is 1. The smallest absolute Gasteiger partial charge is 0.448 e. The molecule has 1 amide bonds. The van der Waals surface area contributed by atoms with E-state index in [-0.39, 0.29) is 11.3 Å². The first-order valence-corrected chi connectivity index (χ1v) is 19.2. The van der Waals surface area contributed by atoms with Gasteiger partial charge < -0.3 is 25.3 Å². The first-order valence-electron chi connectivity index (χ1n) is 19.2. The number of benzene rings is 3. The number of nitrogens with zero attached hydrogens (tertiary/aromatic N) is 3. The largest absolute Gasteiger partial charge is 0.490 e. The van der Waals surface area contributed by atoms with Crippen molar-refractivity contribution in [3.05, 3.63) is 101 Å². The highest BCUT2D eigenvalue weighted by Gasteiger charge is 2.44. The zero-order chi connectivity index (χ0) is 40.5. The highest BCUT2D eigenvalue weighted by atomic mass is 19.4. The molecule has 0 unspecified atom stereocenters. The minimum absolute atomic E-state index is 0.0574. The van der Waals surface area contributed by atoms with Gasteiger partial charge in [-0.3, -0.25) is 4.79 Å². The number of piperidine rings is 2. The number of nitrogens with one attached hydrogen (secondary N) is 3. The van der Waals surface area contributed by atoms with Gasteiger partial charge in [-0.15, -0.1) is 0 Å². The van der Waals surface area contributed by atoms with Gasteiger partial charge in [0.15, 0.2) is 0 Å². The monoisotopic (exact) mass is 788 g/mol. The molecule has 2 saturated heterocycles. The number of likely N-dealkylation sites (tertiary alicyclic amines) is 1. The number of alkyl halides is 3. The predicted octanol–water partition coefficient (Wildman–Crippen LogP) is 8.87. The molecule has 9 nitrogen and oxygen atoms in total. The summed E-state index contributed by atoms with van der Waals surface area (Å²) in [5.74, 6) is -5.12. The van der Waals surface area contributed by atoms with Crippen molar-refractivity contribution in [2.75, 3.05) is 38.0 Å². The Morgan fingerprint density at radius 2 is 1.65 bits per heavy atom. The van der Waals surface area contributed by atoms with E-state index in [1.165, 1.54) is 62.8 Å². The van der Waals surface area contributed by atoms with Crippen LogP contribution >= 0.6 is 0 Å². The fraction of sp³-hybridized carbons (Fsp3) is 0.395. The number of aryl methyl sites for hydroxylation is 1. The van der Waals surface area contributed by atoms with Crippen LogP contribution in [0.5, 0.6) is 0 Å². The SMILES string of the molecule is Cc1c(NC(=O)c2ccc(C(C)(C)OC(=O)C(F)(F)F)cc2F)cc(F)cc1-c1ncnc2[nH]c(-c3ccc(CCCN4CCC5(CCNCC5)CC4)cc3)cc12. The van der Waals surface area contributed by atoms with E-state index in [9.17, 15) is 22.8 Å². The molecule has 57 heavy (non-hydrogen) atoms. The highest BCUT2D eigenvalue weighted by molar-refractivity contribution is 6.06. The van der Waals surface area contributed by atoms with E-state index in [0.29, 0.717) is 33.3 Å². The van der Waals surface area contributed by atoms with Crippen LogP contribution in [-0.4, -0.2) is 70.6 Å². The number of hydrogen-bond donors (Lipinski definition) is 3. The maximum Gasteiger partial charge on any atom is 0.490 e. The zero-order valence-corrected chi connectivity index (χ0v) is 32.1. The number of halogens is 5. The van der Waals surface area contributed by atoms with Crippen molar-refractivity contribution in [3.63, 3.8) is 0 Å². The van der Waals surface area contributed by atoms with Gasteiger partial charge in [0, 0.05) is 22.3 Å². The Kier molecular flexibility index (Phi) is 11.2. The fourth-order valence-corrected chi connectivity index (χ4v) is 8.04. The lowest BCUT2D eigenvalue weighted by molar-refractivity contribution is -0.212. The molecule has 0 bridgehead atoms. The van der Waals surface area contributed by atoms with Crippen LogP contribution in [0.15, 0.2) is 67.0 Å². The second-order valence-electron chi connectivity index (χ2n) is 15.7. The summed E-state index contributed by atoms with van der Waals surface area (Å²) in [6.45, 7) is 9.76. The number of hydrogen-bond acceptors (Lipinski definition) is 7. The van der Waals surface area contributed by atoms with Crippen molar-refractivity contribution >= 4 is 28.6 Å². The normalized spacial score (nSPS) is 16.2. The molecule has 2 aliphatic rings. The minimum atomic E-state index is -5.24. The lowest BCUT2D eigenvalue weighted by atomic mass is 9.71. The molecule has 3 aromatic carbocycles. The fourth-order valence-electron chi connectivity index (χ4n) is 8.04. The van der Waals surface area contributed by atoms with E-state index in [0.717, 1.165) is 75.8 Å².